The van der Waals surface area contributed by atoms with Crippen molar-refractivity contribution in [1.82, 2.24) is 34.1 Å². The summed E-state index contributed by atoms with van der Waals surface area (Å²) in [5, 5.41) is 29.5. The molecule has 1 saturated heterocycles. The molecule has 5 aromatic rings. The van der Waals surface area contributed by atoms with Crippen LogP contribution in [0.5, 0.6) is 11.5 Å². The number of carbonyl (C=O) groups excluding carboxylic acids is 1. The van der Waals surface area contributed by atoms with Gasteiger partial charge in [0.1, 0.15) is 42.9 Å². The fourth-order valence-corrected chi connectivity index (χ4v) is 14.7. The lowest BCUT2D eigenvalue weighted by atomic mass is 9.82. The van der Waals surface area contributed by atoms with Gasteiger partial charge in [0.25, 0.3) is 15.7 Å². The van der Waals surface area contributed by atoms with E-state index in [1.165, 1.54) is 38.9 Å². The maximum atomic E-state index is 14.7. The number of fused-ring (bicyclic) bond motifs is 5. The zero-order chi connectivity index (χ0) is 57.0. The van der Waals surface area contributed by atoms with E-state index in [2.05, 4.69) is 56.4 Å². The summed E-state index contributed by atoms with van der Waals surface area (Å²) in [5.74, 6) is 1.10. The molecule has 0 bridgehead atoms. The molecule has 4 atom stereocenters. The van der Waals surface area contributed by atoms with Crippen molar-refractivity contribution in [2.24, 2.45) is 0 Å². The number of aromatic nitrogens is 4. The predicted octanol–water partition coefficient (Wildman–Crippen LogP) is 1.74. The standard InChI is InChI=1S/C53H67N10O15PS2/c54-52-59-49-42(50(67)60-52)58-53(63(49)51-46(66)45(65)38(77-51)29-76-79(68,69)70)56-20-6-2-1-5-19-55-40(64)16-4-3-7-21-57-80(71,72)39-28-32(81(73,74)75)17-18-33(39)41-36-26-30-12-8-22-61-24-10-14-34(43(30)61)47(36)78-48-35-15-11-25-62-23-9-13-31(44(35)62)27-37(41)48/h17-18,26-28,38,45-46,51,57,65-66H,1-16,19-25,29H2,(H7-,54,55,56,58,59,60,64,67,68,69,70,73,74,75)/p+1/t38-,45-,46-,51-/m1/s1. The number of anilines is 3. The Hall–Kier alpha value is -5.84. The van der Waals surface area contributed by atoms with Crippen LogP contribution in [-0.4, -0.2) is 138 Å². The third-order valence-corrected chi connectivity index (χ3v) is 19.0. The van der Waals surface area contributed by atoms with Crippen LogP contribution >= 0.6 is 7.82 Å². The van der Waals surface area contributed by atoms with Gasteiger partial charge in [-0.1, -0.05) is 25.3 Å². The van der Waals surface area contributed by atoms with Gasteiger partial charge in [-0.2, -0.15) is 13.4 Å². The lowest BCUT2D eigenvalue weighted by molar-refractivity contribution is -0.121. The first-order chi connectivity index (χ1) is 38.8. The second kappa shape index (κ2) is 23.1. The highest BCUT2D eigenvalue weighted by Gasteiger charge is 2.46. The van der Waals surface area contributed by atoms with Gasteiger partial charge in [0.15, 0.2) is 17.4 Å². The largest absolute Gasteiger partial charge is 0.469 e. The summed E-state index contributed by atoms with van der Waals surface area (Å²) in [6.07, 6.45) is 5.62. The van der Waals surface area contributed by atoms with E-state index in [0.717, 1.165) is 130 Å². The zero-order valence-corrected chi connectivity index (χ0v) is 47.1. The Kier molecular flexibility index (Phi) is 16.2. The normalized spacial score (nSPS) is 20.4. The van der Waals surface area contributed by atoms with Crippen molar-refractivity contribution in [2.75, 3.05) is 68.4 Å². The highest BCUT2D eigenvalue weighted by atomic mass is 32.2. The molecule has 6 aliphatic heterocycles. The Bertz CT molecular complexity index is 3790. The van der Waals surface area contributed by atoms with Crippen molar-refractivity contribution in [3.05, 3.63) is 84.6 Å². The summed E-state index contributed by atoms with van der Waals surface area (Å²) in [7, 11) is -14.1. The van der Waals surface area contributed by atoms with Gasteiger partial charge in [-0.3, -0.25) is 28.2 Å². The van der Waals surface area contributed by atoms with E-state index >= 15 is 0 Å². The third-order valence-electron chi connectivity index (χ3n) is 16.1. The molecule has 1 amide bonds. The number of nitrogens with two attached hydrogens (primary N) is 1. The van der Waals surface area contributed by atoms with E-state index < -0.39 is 69.6 Å². The Morgan fingerprint density at radius 2 is 1.57 bits per heavy atom. The average molecular weight is 1180 g/mol. The van der Waals surface area contributed by atoms with Gasteiger partial charge in [0.05, 0.1) is 22.0 Å². The molecule has 0 aliphatic carbocycles. The Labute approximate surface area is 466 Å². The minimum absolute atomic E-state index is 0.0141. The molecule has 2 aromatic heterocycles. The molecular formula is C53H68N10O15PS2+. The van der Waals surface area contributed by atoms with Crippen LogP contribution in [0.4, 0.5) is 17.6 Å². The number of benzene rings is 3. The fourth-order valence-electron chi connectivity index (χ4n) is 12.5. The van der Waals surface area contributed by atoms with Gasteiger partial charge in [-0.25, -0.2) is 27.3 Å². The molecule has 28 heteroatoms. The van der Waals surface area contributed by atoms with Crippen molar-refractivity contribution < 1.29 is 64.7 Å². The summed E-state index contributed by atoms with van der Waals surface area (Å²) in [6, 6.07) is 8.11. The van der Waals surface area contributed by atoms with Crippen LogP contribution in [0.2, 0.25) is 0 Å². The number of sulfonamides is 1. The summed E-state index contributed by atoms with van der Waals surface area (Å²) in [5.41, 5.74) is 12.5. The van der Waals surface area contributed by atoms with Crippen molar-refractivity contribution >= 4 is 68.2 Å². The van der Waals surface area contributed by atoms with Crippen LogP contribution in [0.15, 0.2) is 44.9 Å². The average Bonchev–Trinajstić information content (AvgIpc) is 4.05. The number of hydrogen-bond donors (Lipinski definition) is 10. The van der Waals surface area contributed by atoms with Crippen LogP contribution < -0.4 is 51.4 Å². The van der Waals surface area contributed by atoms with Crippen LogP contribution in [0.1, 0.15) is 117 Å². The first-order valence-electron chi connectivity index (χ1n) is 27.8. The molecule has 81 heavy (non-hydrogen) atoms. The summed E-state index contributed by atoms with van der Waals surface area (Å²) < 4.78 is 100. The number of aliphatic hydroxyl groups is 2. The Morgan fingerprint density at radius 1 is 0.852 bits per heavy atom. The number of imidazole rings is 1. The van der Waals surface area contributed by atoms with E-state index in [-0.39, 0.29) is 46.8 Å². The maximum absolute atomic E-state index is 14.7. The molecule has 8 heterocycles. The second-order valence-corrected chi connectivity index (χ2v) is 26.0. The number of amides is 1. The minimum Gasteiger partial charge on any atom is -0.455 e. The van der Waals surface area contributed by atoms with E-state index in [1.807, 2.05) is 0 Å². The number of aromatic amines is 1. The molecule has 0 saturated carbocycles. The number of aryl methyl sites for hydroxylation is 2. The molecule has 3 aromatic carbocycles. The monoisotopic (exact) mass is 1180 g/mol. The smallest absolute Gasteiger partial charge is 0.455 e. The molecule has 0 radical (unpaired) electrons. The number of carbonyl (C=O) groups is 1. The van der Waals surface area contributed by atoms with Crippen LogP contribution in [-0.2, 0) is 64.4 Å². The molecule has 25 nitrogen and oxygen atoms in total. The Balaban J connectivity index is 0.704. The van der Waals surface area contributed by atoms with Crippen LogP contribution in [0, 0.1) is 0 Å². The molecule has 1 fully saturated rings. The van der Waals surface area contributed by atoms with Gasteiger partial charge < -0.3 is 50.7 Å². The first kappa shape index (κ1) is 57.0. The van der Waals surface area contributed by atoms with Gasteiger partial charge in [0, 0.05) is 90.7 Å². The number of nitrogen functional groups attached to an aromatic ring is 1. The van der Waals surface area contributed by atoms with Gasteiger partial charge in [-0.15, -0.1) is 0 Å². The third kappa shape index (κ3) is 11.6. The number of phosphoric acid groups is 1. The van der Waals surface area contributed by atoms with E-state index in [9.17, 15) is 45.8 Å². The van der Waals surface area contributed by atoms with E-state index in [1.54, 1.807) is 0 Å². The first-order valence-corrected chi connectivity index (χ1v) is 32.3. The quantitative estimate of drug-likeness (QED) is 0.0200. The number of unbranched alkanes of at least 4 members (excludes halogenated alkanes) is 5. The number of nitrogens with zero attached hydrogens (tertiary/aromatic N) is 5. The number of H-pyrrole nitrogens is 1. The number of ether oxygens (including phenoxy) is 2. The van der Waals surface area contributed by atoms with Crippen molar-refractivity contribution in [2.45, 2.75) is 137 Å². The molecule has 436 valence electrons. The predicted molar refractivity (Wildman–Crippen MR) is 297 cm³/mol. The van der Waals surface area contributed by atoms with Crippen LogP contribution in [0.3, 0.4) is 0 Å². The van der Waals surface area contributed by atoms with Crippen molar-refractivity contribution in [1.29, 1.82) is 0 Å². The SMILES string of the molecule is Nc1nc2c(nc(NCCCCCCNC(=O)CCCCCNS(=O)(=O)c3cc(S(=O)(=O)O)ccc3C3=c4cc5c6c(c4Oc4c3cc3c7c4CCCN7CCC3)CCC[N+]=6CCC5)n2[C@@H]2O[C@H](COP(=O)(O)O)[C@@H](O)[C@H]2O)c(=O)[nH]1. The van der Waals surface area contributed by atoms with Crippen molar-refractivity contribution in [3.63, 3.8) is 0 Å². The Morgan fingerprint density at radius 3 is 2.35 bits per heavy atom. The molecule has 11 rings (SSSR count). The lowest BCUT2D eigenvalue weighted by Crippen LogP contribution is -2.45. The summed E-state index contributed by atoms with van der Waals surface area (Å²) >= 11 is 0. The number of aliphatic hydroxyl groups excluding tert-OH is 2. The number of phosphoric ester groups is 1. The highest BCUT2D eigenvalue weighted by molar-refractivity contribution is 7.89. The molecule has 6 aliphatic rings. The molecule has 0 unspecified atom stereocenters. The minimum atomic E-state index is -4.92. The summed E-state index contributed by atoms with van der Waals surface area (Å²) in [4.78, 5) is 56.3. The second-order valence-electron chi connectivity index (χ2n) is 21.6. The van der Waals surface area contributed by atoms with Crippen LogP contribution in [0.25, 0.3) is 16.7 Å². The lowest BCUT2D eigenvalue weighted by Gasteiger charge is -2.39. The topological polar surface area (TPSA) is 363 Å². The number of hydrogen-bond acceptors (Lipinski definition) is 17. The van der Waals surface area contributed by atoms with Gasteiger partial charge in [-0.05, 0) is 94.0 Å². The number of rotatable bonds is 22. The zero-order valence-electron chi connectivity index (χ0n) is 44.6. The molecule has 0 spiro atoms. The fraction of sp³-hybridized carbons (Fsp3) is 0.528. The highest BCUT2D eigenvalue weighted by Crippen LogP contribution is 2.49. The molecule has 11 N–H and O–H groups in total. The molecular weight excluding hydrogens is 1110 g/mol. The maximum Gasteiger partial charge on any atom is 0.469 e. The van der Waals surface area contributed by atoms with Crippen molar-refractivity contribution in [3.8, 4) is 11.5 Å². The summed E-state index contributed by atoms with van der Waals surface area (Å²) in [6.45, 7) is 3.87. The van der Waals surface area contributed by atoms with Gasteiger partial charge in [0.2, 0.25) is 33.2 Å². The van der Waals surface area contributed by atoms with E-state index in [0.29, 0.717) is 56.3 Å². The number of nitrogens with one attached hydrogen (secondary N) is 4. The van der Waals surface area contributed by atoms with Gasteiger partial charge >= 0.3 is 7.82 Å². The van der Waals surface area contributed by atoms with E-state index in [4.69, 9.17) is 25.0 Å².